The molecule has 0 aromatic carbocycles. The second-order valence-corrected chi connectivity index (χ2v) is 5.90. The number of nitrogens with zero attached hydrogens (tertiary/aromatic N) is 1. The average Bonchev–Trinajstić information content (AvgIpc) is 2.81. The fraction of sp³-hybridized carbons (Fsp3) is 0.769. The molecule has 0 aliphatic carbocycles. The van der Waals surface area contributed by atoms with Gasteiger partial charge in [0, 0.05) is 25.2 Å². The summed E-state index contributed by atoms with van der Waals surface area (Å²) in [6, 6.07) is 0. The predicted octanol–water partition coefficient (Wildman–Crippen LogP) is 2.16. The molecule has 1 aromatic rings. The van der Waals surface area contributed by atoms with Crippen molar-refractivity contribution in [1.82, 2.24) is 10.3 Å². The van der Waals surface area contributed by atoms with Crippen LogP contribution in [0.2, 0.25) is 0 Å². The topological polar surface area (TPSA) is 43.4 Å². The lowest BCUT2D eigenvalue weighted by Gasteiger charge is -2.42. The molecular formula is C13H22N2O2S. The van der Waals surface area contributed by atoms with Gasteiger partial charge in [-0.15, -0.1) is 11.3 Å². The van der Waals surface area contributed by atoms with Gasteiger partial charge in [0.25, 0.3) is 0 Å². The molecule has 2 unspecified atom stereocenters. The normalized spacial score (nSPS) is 32.6. The summed E-state index contributed by atoms with van der Waals surface area (Å²) in [6.45, 7) is 5.83. The van der Waals surface area contributed by atoms with Gasteiger partial charge in [-0.3, -0.25) is 0 Å². The molecule has 18 heavy (non-hydrogen) atoms. The van der Waals surface area contributed by atoms with Crippen LogP contribution in [0, 0.1) is 0 Å². The molecule has 0 radical (unpaired) electrons. The molecule has 1 N–H and O–H groups in total. The Morgan fingerprint density at radius 2 is 2.22 bits per heavy atom. The quantitative estimate of drug-likeness (QED) is 0.833. The van der Waals surface area contributed by atoms with Crippen molar-refractivity contribution in [1.29, 1.82) is 0 Å². The van der Waals surface area contributed by atoms with Gasteiger partial charge in [-0.2, -0.15) is 0 Å². The van der Waals surface area contributed by atoms with Gasteiger partial charge in [-0.25, -0.2) is 4.98 Å². The summed E-state index contributed by atoms with van der Waals surface area (Å²) in [5.41, 5.74) is -0.0518. The molecule has 4 nitrogen and oxygen atoms in total. The van der Waals surface area contributed by atoms with Crippen LogP contribution < -0.4 is 5.32 Å². The van der Waals surface area contributed by atoms with Gasteiger partial charge < -0.3 is 14.8 Å². The van der Waals surface area contributed by atoms with Crippen molar-refractivity contribution in [2.24, 2.45) is 0 Å². The number of thiazole rings is 1. The van der Waals surface area contributed by atoms with E-state index < -0.39 is 0 Å². The molecule has 102 valence electrons. The average molecular weight is 270 g/mol. The summed E-state index contributed by atoms with van der Waals surface area (Å²) in [5, 5.41) is 6.85. The van der Waals surface area contributed by atoms with Crippen LogP contribution in [0.3, 0.4) is 0 Å². The summed E-state index contributed by atoms with van der Waals surface area (Å²) in [6.07, 6.45) is 4.33. The molecule has 0 bridgehead atoms. The monoisotopic (exact) mass is 270 g/mol. The van der Waals surface area contributed by atoms with E-state index in [-0.39, 0.29) is 17.7 Å². The van der Waals surface area contributed by atoms with Crippen molar-refractivity contribution in [2.45, 2.75) is 44.4 Å². The van der Waals surface area contributed by atoms with E-state index in [2.05, 4.69) is 24.1 Å². The first-order chi connectivity index (χ1) is 8.66. The van der Waals surface area contributed by atoms with Crippen LogP contribution >= 0.6 is 11.3 Å². The SMILES string of the molecule is COCCNC1(c2nccs2)CC(C)OC(C)C1. The molecule has 0 spiro atoms. The van der Waals surface area contributed by atoms with Crippen LogP contribution in [-0.2, 0) is 15.0 Å². The van der Waals surface area contributed by atoms with E-state index in [1.807, 2.05) is 11.6 Å². The molecule has 1 fully saturated rings. The van der Waals surface area contributed by atoms with E-state index in [4.69, 9.17) is 9.47 Å². The van der Waals surface area contributed by atoms with E-state index in [0.29, 0.717) is 0 Å². The first-order valence-corrected chi connectivity index (χ1v) is 7.33. The third-order valence-corrected chi connectivity index (χ3v) is 4.32. The van der Waals surface area contributed by atoms with E-state index in [0.717, 1.165) is 26.0 Å². The van der Waals surface area contributed by atoms with Crippen molar-refractivity contribution < 1.29 is 9.47 Å². The molecular weight excluding hydrogens is 248 g/mol. The van der Waals surface area contributed by atoms with Crippen LogP contribution in [0.5, 0.6) is 0 Å². The Labute approximate surface area is 113 Å². The second kappa shape index (κ2) is 6.10. The number of nitrogens with one attached hydrogen (secondary N) is 1. The molecule has 1 saturated heterocycles. The van der Waals surface area contributed by atoms with E-state index in [1.54, 1.807) is 18.4 Å². The molecule has 1 aliphatic rings. The van der Waals surface area contributed by atoms with Crippen LogP contribution in [0.4, 0.5) is 0 Å². The van der Waals surface area contributed by atoms with Gasteiger partial charge in [0.05, 0.1) is 24.4 Å². The summed E-state index contributed by atoms with van der Waals surface area (Å²) in [5.74, 6) is 0. The van der Waals surface area contributed by atoms with Crippen molar-refractivity contribution in [2.75, 3.05) is 20.3 Å². The molecule has 1 aliphatic heterocycles. The highest BCUT2D eigenvalue weighted by Crippen LogP contribution is 2.38. The molecule has 0 saturated carbocycles. The van der Waals surface area contributed by atoms with Crippen molar-refractivity contribution in [3.63, 3.8) is 0 Å². The third kappa shape index (κ3) is 3.09. The predicted molar refractivity (Wildman–Crippen MR) is 72.9 cm³/mol. The Morgan fingerprint density at radius 1 is 1.50 bits per heavy atom. The minimum Gasteiger partial charge on any atom is -0.383 e. The Balaban J connectivity index is 2.16. The van der Waals surface area contributed by atoms with Gasteiger partial charge >= 0.3 is 0 Å². The highest BCUT2D eigenvalue weighted by Gasteiger charge is 2.41. The largest absolute Gasteiger partial charge is 0.383 e. The Morgan fingerprint density at radius 3 is 2.78 bits per heavy atom. The zero-order valence-corrected chi connectivity index (χ0v) is 12.1. The van der Waals surface area contributed by atoms with Crippen LogP contribution in [0.25, 0.3) is 0 Å². The lowest BCUT2D eigenvalue weighted by Crippen LogP contribution is -2.51. The minimum absolute atomic E-state index is 0.0518. The van der Waals surface area contributed by atoms with E-state index in [9.17, 15) is 0 Å². The smallest absolute Gasteiger partial charge is 0.113 e. The molecule has 2 heterocycles. The van der Waals surface area contributed by atoms with Crippen LogP contribution in [-0.4, -0.2) is 37.5 Å². The van der Waals surface area contributed by atoms with Gasteiger partial charge in [0.1, 0.15) is 5.01 Å². The standard InChI is InChI=1S/C13H22N2O2S/c1-10-8-13(9-11(2)17-10,15-4-6-16-3)12-14-5-7-18-12/h5,7,10-11,15H,4,6,8-9H2,1-3H3. The van der Waals surface area contributed by atoms with Crippen LogP contribution in [0.1, 0.15) is 31.7 Å². The maximum atomic E-state index is 5.85. The lowest BCUT2D eigenvalue weighted by atomic mass is 9.84. The molecule has 2 atom stereocenters. The zero-order valence-electron chi connectivity index (χ0n) is 11.3. The van der Waals surface area contributed by atoms with Crippen molar-refractivity contribution in [3.05, 3.63) is 16.6 Å². The maximum absolute atomic E-state index is 5.85. The van der Waals surface area contributed by atoms with Crippen molar-refractivity contribution >= 4 is 11.3 Å². The number of hydrogen-bond acceptors (Lipinski definition) is 5. The summed E-state index contributed by atoms with van der Waals surface area (Å²) in [4.78, 5) is 4.52. The summed E-state index contributed by atoms with van der Waals surface area (Å²) >= 11 is 1.72. The highest BCUT2D eigenvalue weighted by molar-refractivity contribution is 7.09. The molecule has 5 heteroatoms. The third-order valence-electron chi connectivity index (χ3n) is 3.35. The lowest BCUT2D eigenvalue weighted by molar-refractivity contribution is -0.0721. The van der Waals surface area contributed by atoms with E-state index in [1.165, 1.54) is 5.01 Å². The number of hydrogen-bond donors (Lipinski definition) is 1. The second-order valence-electron chi connectivity index (χ2n) is 5.00. The van der Waals surface area contributed by atoms with Crippen molar-refractivity contribution in [3.8, 4) is 0 Å². The fourth-order valence-electron chi connectivity index (χ4n) is 2.80. The Kier molecular flexibility index (Phi) is 4.72. The van der Waals surface area contributed by atoms with Gasteiger partial charge in [0.2, 0.25) is 0 Å². The first kappa shape index (κ1) is 13.9. The number of aromatic nitrogens is 1. The zero-order chi connectivity index (χ0) is 13.0. The number of ether oxygens (including phenoxy) is 2. The Bertz CT molecular complexity index is 346. The Hall–Kier alpha value is -0.490. The van der Waals surface area contributed by atoms with Gasteiger partial charge in [-0.1, -0.05) is 0 Å². The molecule has 0 amide bonds. The molecule has 2 rings (SSSR count). The van der Waals surface area contributed by atoms with Crippen LogP contribution in [0.15, 0.2) is 11.6 Å². The van der Waals surface area contributed by atoms with Gasteiger partial charge in [0.15, 0.2) is 0 Å². The fourth-order valence-corrected chi connectivity index (χ4v) is 3.64. The number of methoxy groups -OCH3 is 1. The molecule has 1 aromatic heterocycles. The van der Waals surface area contributed by atoms with Gasteiger partial charge in [-0.05, 0) is 26.7 Å². The highest BCUT2D eigenvalue weighted by atomic mass is 32.1. The summed E-state index contributed by atoms with van der Waals surface area (Å²) in [7, 11) is 1.73. The number of rotatable bonds is 5. The summed E-state index contributed by atoms with van der Waals surface area (Å²) < 4.78 is 11.0. The first-order valence-electron chi connectivity index (χ1n) is 6.46. The minimum atomic E-state index is -0.0518. The maximum Gasteiger partial charge on any atom is 0.113 e. The van der Waals surface area contributed by atoms with E-state index >= 15 is 0 Å².